The van der Waals surface area contributed by atoms with Crippen LogP contribution in [-0.4, -0.2) is 14.5 Å². The summed E-state index contributed by atoms with van der Waals surface area (Å²) in [5.41, 5.74) is 13.7. The van der Waals surface area contributed by atoms with Crippen molar-refractivity contribution in [1.82, 2.24) is 14.5 Å². The molecule has 3 nitrogen and oxygen atoms in total. The molecule has 0 fully saturated rings. The number of benzene rings is 6. The van der Waals surface area contributed by atoms with Crippen LogP contribution in [0, 0.1) is 0 Å². The Kier molecular flexibility index (Phi) is 5.11. The lowest BCUT2D eigenvalue weighted by Gasteiger charge is -2.18. The Balaban J connectivity index is 1.45. The summed E-state index contributed by atoms with van der Waals surface area (Å²) in [5.74, 6) is 0.848. The van der Waals surface area contributed by atoms with Crippen molar-refractivity contribution >= 4 is 49.2 Å². The van der Waals surface area contributed by atoms with Gasteiger partial charge in [0, 0.05) is 21.9 Å². The van der Waals surface area contributed by atoms with Crippen molar-refractivity contribution in [3.05, 3.63) is 145 Å². The van der Waals surface area contributed by atoms with Crippen molar-refractivity contribution < 1.29 is 0 Å². The van der Waals surface area contributed by atoms with Gasteiger partial charge in [0.15, 0.2) is 5.82 Å². The zero-order valence-corrected chi connectivity index (χ0v) is 24.5. The fraction of sp³-hybridized carbons (Fsp3) is 0.0476. The summed E-state index contributed by atoms with van der Waals surface area (Å²) >= 11 is 0. The summed E-state index contributed by atoms with van der Waals surface area (Å²) in [7, 11) is 0. The van der Waals surface area contributed by atoms with Gasteiger partial charge in [0.25, 0.3) is 0 Å². The topological polar surface area (TPSA) is 30.7 Å². The van der Waals surface area contributed by atoms with E-state index >= 15 is 0 Å². The Morgan fingerprint density at radius 1 is 0.511 bits per heavy atom. The summed E-state index contributed by atoms with van der Waals surface area (Å²) in [5, 5.41) is 5.10. The molecule has 2 aliphatic rings. The SMILES string of the molecule is C1=CC(c2ccc3c4c2-c2ccccc2-c2cccc5ccc(c4c25)n3-c2nc3ccccc3nc2-c2ccccc2)=CCC1. The average molecular weight is 574 g/mol. The summed E-state index contributed by atoms with van der Waals surface area (Å²) in [6.45, 7) is 0. The highest BCUT2D eigenvalue weighted by atomic mass is 15.1. The third kappa shape index (κ3) is 3.46. The normalized spacial score (nSPS) is 13.6. The van der Waals surface area contributed by atoms with Gasteiger partial charge in [0.1, 0.15) is 5.69 Å². The summed E-state index contributed by atoms with van der Waals surface area (Å²) < 4.78 is 2.37. The molecule has 8 aromatic rings. The lowest BCUT2D eigenvalue weighted by Crippen LogP contribution is -2.04. The molecule has 0 amide bonds. The molecule has 0 aliphatic heterocycles. The Bertz CT molecular complexity index is 2580. The van der Waals surface area contributed by atoms with E-state index in [2.05, 4.69) is 132 Å². The van der Waals surface area contributed by atoms with Gasteiger partial charge < -0.3 is 0 Å². The Labute approximate surface area is 260 Å². The molecular weight excluding hydrogens is 546 g/mol. The largest absolute Gasteiger partial charge is 0.292 e. The van der Waals surface area contributed by atoms with E-state index in [0.717, 1.165) is 52.0 Å². The van der Waals surface area contributed by atoms with Crippen molar-refractivity contribution in [1.29, 1.82) is 0 Å². The van der Waals surface area contributed by atoms with E-state index in [1.54, 1.807) is 0 Å². The molecule has 0 unspecified atom stereocenters. The second-order valence-electron chi connectivity index (χ2n) is 12.0. The molecule has 0 radical (unpaired) electrons. The van der Waals surface area contributed by atoms with Gasteiger partial charge in [-0.1, -0.05) is 115 Å². The monoisotopic (exact) mass is 573 g/mol. The molecule has 10 rings (SSSR count). The molecule has 210 valence electrons. The second kappa shape index (κ2) is 9.35. The van der Waals surface area contributed by atoms with Crippen LogP contribution < -0.4 is 0 Å². The van der Waals surface area contributed by atoms with Crippen LogP contribution in [0.15, 0.2) is 140 Å². The maximum atomic E-state index is 5.38. The lowest BCUT2D eigenvalue weighted by atomic mass is 9.87. The molecule has 45 heavy (non-hydrogen) atoms. The van der Waals surface area contributed by atoms with Crippen LogP contribution in [0.25, 0.3) is 88.5 Å². The fourth-order valence-corrected chi connectivity index (χ4v) is 7.63. The predicted molar refractivity (Wildman–Crippen MR) is 188 cm³/mol. The van der Waals surface area contributed by atoms with E-state index in [1.165, 1.54) is 54.9 Å². The van der Waals surface area contributed by atoms with Crippen LogP contribution in [-0.2, 0) is 0 Å². The van der Waals surface area contributed by atoms with E-state index in [0.29, 0.717) is 0 Å². The van der Waals surface area contributed by atoms with Crippen LogP contribution in [0.4, 0.5) is 0 Å². The molecule has 0 spiro atoms. The molecule has 2 heterocycles. The van der Waals surface area contributed by atoms with E-state index in [1.807, 2.05) is 12.1 Å². The highest BCUT2D eigenvalue weighted by Gasteiger charge is 2.28. The molecule has 0 saturated heterocycles. The number of para-hydroxylation sites is 2. The van der Waals surface area contributed by atoms with Crippen LogP contribution in [0.2, 0.25) is 0 Å². The molecule has 0 bridgehead atoms. The molecule has 0 atom stereocenters. The third-order valence-corrected chi connectivity index (χ3v) is 9.54. The lowest BCUT2D eigenvalue weighted by molar-refractivity contribution is 1.04. The van der Waals surface area contributed by atoms with Crippen molar-refractivity contribution in [3.63, 3.8) is 0 Å². The zero-order valence-electron chi connectivity index (χ0n) is 24.5. The van der Waals surface area contributed by atoms with Crippen LogP contribution in [0.3, 0.4) is 0 Å². The van der Waals surface area contributed by atoms with Gasteiger partial charge in [-0.2, -0.15) is 0 Å². The summed E-state index contributed by atoms with van der Waals surface area (Å²) in [6.07, 6.45) is 9.16. The van der Waals surface area contributed by atoms with Gasteiger partial charge in [-0.05, 0) is 75.7 Å². The molecule has 2 aliphatic carbocycles. The molecule has 3 heteroatoms. The number of aromatic nitrogens is 3. The van der Waals surface area contributed by atoms with Crippen LogP contribution in [0.5, 0.6) is 0 Å². The first-order valence-electron chi connectivity index (χ1n) is 15.7. The quantitative estimate of drug-likeness (QED) is 0.210. The second-order valence-corrected chi connectivity index (χ2v) is 12.0. The number of fused-ring (bicyclic) bond motifs is 4. The smallest absolute Gasteiger partial charge is 0.165 e. The van der Waals surface area contributed by atoms with Gasteiger partial charge >= 0.3 is 0 Å². The molecule has 6 aromatic carbocycles. The first kappa shape index (κ1) is 24.6. The van der Waals surface area contributed by atoms with Gasteiger partial charge in [-0.3, -0.25) is 4.57 Å². The average Bonchev–Trinajstić information content (AvgIpc) is 3.39. The maximum Gasteiger partial charge on any atom is 0.165 e. The predicted octanol–water partition coefficient (Wildman–Crippen LogP) is 10.9. The van der Waals surface area contributed by atoms with E-state index in [4.69, 9.17) is 9.97 Å². The Hall–Kier alpha value is -5.80. The van der Waals surface area contributed by atoms with Crippen LogP contribution in [0.1, 0.15) is 18.4 Å². The molecule has 0 N–H and O–H groups in total. The first-order valence-corrected chi connectivity index (χ1v) is 15.7. The number of allylic oxidation sites excluding steroid dienone is 4. The summed E-state index contributed by atoms with van der Waals surface area (Å²) in [4.78, 5) is 10.6. The highest BCUT2D eigenvalue weighted by molar-refractivity contribution is 6.31. The molecular formula is C42H27N3. The van der Waals surface area contributed by atoms with Gasteiger partial charge in [0.2, 0.25) is 0 Å². The Morgan fingerprint density at radius 3 is 2.09 bits per heavy atom. The maximum absolute atomic E-state index is 5.38. The Morgan fingerprint density at radius 2 is 1.24 bits per heavy atom. The number of hydrogen-bond donors (Lipinski definition) is 0. The van der Waals surface area contributed by atoms with Gasteiger partial charge in [-0.25, -0.2) is 9.97 Å². The van der Waals surface area contributed by atoms with E-state index in [-0.39, 0.29) is 0 Å². The summed E-state index contributed by atoms with van der Waals surface area (Å²) in [6, 6.07) is 43.5. The van der Waals surface area contributed by atoms with Gasteiger partial charge in [-0.15, -0.1) is 0 Å². The van der Waals surface area contributed by atoms with E-state index in [9.17, 15) is 0 Å². The molecule has 2 aromatic heterocycles. The van der Waals surface area contributed by atoms with Crippen molar-refractivity contribution in [2.75, 3.05) is 0 Å². The number of nitrogens with zero attached hydrogens (tertiary/aromatic N) is 3. The molecule has 0 saturated carbocycles. The van der Waals surface area contributed by atoms with Crippen molar-refractivity contribution in [3.8, 4) is 39.3 Å². The minimum atomic E-state index is 0.848. The fourth-order valence-electron chi connectivity index (χ4n) is 7.63. The van der Waals surface area contributed by atoms with Crippen LogP contribution >= 0.6 is 0 Å². The van der Waals surface area contributed by atoms with E-state index < -0.39 is 0 Å². The highest BCUT2D eigenvalue weighted by Crippen LogP contribution is 2.52. The van der Waals surface area contributed by atoms with Crippen molar-refractivity contribution in [2.45, 2.75) is 12.8 Å². The minimum absolute atomic E-state index is 0.848. The van der Waals surface area contributed by atoms with Crippen molar-refractivity contribution in [2.24, 2.45) is 0 Å². The first-order chi connectivity index (χ1) is 22.3. The number of rotatable bonds is 3. The minimum Gasteiger partial charge on any atom is -0.292 e. The standard InChI is InChI=1S/C42H27N3/c1-3-12-26(13-4-1)29-23-25-36-40-38(29)32-18-8-7-17-30(32)31-19-11-16-27-22-24-35(39(40)37(27)31)45(36)42-41(28-14-5-2-6-15-28)43-33-20-9-10-21-34(33)44-42/h2-3,5-25H,1,4H2. The number of hydrogen-bond acceptors (Lipinski definition) is 2. The zero-order chi connectivity index (χ0) is 29.5. The van der Waals surface area contributed by atoms with Gasteiger partial charge in [0.05, 0.1) is 22.1 Å². The third-order valence-electron chi connectivity index (χ3n) is 9.54.